The minimum absolute atomic E-state index is 0.0664. The Kier molecular flexibility index (Phi) is 10.3. The summed E-state index contributed by atoms with van der Waals surface area (Å²) in [7, 11) is -13.8. The van der Waals surface area contributed by atoms with E-state index in [0.717, 1.165) is 11.6 Å². The van der Waals surface area contributed by atoms with Crippen LogP contribution in [-0.4, -0.2) is 119 Å². The topological polar surface area (TPSA) is 283 Å². The van der Waals surface area contributed by atoms with Crippen LogP contribution in [0.4, 0.5) is 11.4 Å². The van der Waals surface area contributed by atoms with Crippen molar-refractivity contribution in [2.45, 2.75) is 78.4 Å². The fourth-order valence-corrected chi connectivity index (χ4v) is 12.0. The van der Waals surface area contributed by atoms with Gasteiger partial charge >= 0.3 is 0 Å². The normalized spacial score (nSPS) is 28.4. The minimum atomic E-state index is -4.65. The van der Waals surface area contributed by atoms with E-state index in [0.29, 0.717) is 64.4 Å². The van der Waals surface area contributed by atoms with E-state index in [9.17, 15) is 58.7 Å². The van der Waals surface area contributed by atoms with Gasteiger partial charge in [0.05, 0.1) is 51.9 Å². The first-order chi connectivity index (χ1) is 26.0. The van der Waals surface area contributed by atoms with Gasteiger partial charge in [0.15, 0.2) is 23.8 Å². The number of nitrogens with zero attached hydrogens (tertiary/aromatic N) is 2. The number of hydrogen-bond acceptors (Lipinski definition) is 15. The van der Waals surface area contributed by atoms with E-state index in [4.69, 9.17) is 5.26 Å². The van der Waals surface area contributed by atoms with E-state index >= 15 is 0 Å². The van der Waals surface area contributed by atoms with Crippen molar-refractivity contribution in [3.8, 4) is 0 Å². The zero-order valence-corrected chi connectivity index (χ0v) is 33.1. The molecule has 6 N–H and O–H groups in total. The van der Waals surface area contributed by atoms with Crippen LogP contribution in [0.15, 0.2) is 57.3 Å². The quantitative estimate of drug-likeness (QED) is 0.0244. The van der Waals surface area contributed by atoms with Crippen molar-refractivity contribution in [3.05, 3.63) is 58.7 Å². The van der Waals surface area contributed by atoms with Gasteiger partial charge in [0.2, 0.25) is 5.69 Å². The van der Waals surface area contributed by atoms with Crippen LogP contribution < -0.4 is 4.90 Å². The van der Waals surface area contributed by atoms with Crippen LogP contribution in [-0.2, 0) is 60.1 Å². The summed E-state index contributed by atoms with van der Waals surface area (Å²) >= 11 is 0.711. The summed E-state index contributed by atoms with van der Waals surface area (Å²) < 4.78 is 106. The summed E-state index contributed by atoms with van der Waals surface area (Å²) in [5, 5.41) is 34.0. The van der Waals surface area contributed by atoms with E-state index in [1.165, 1.54) is 12.1 Å². The van der Waals surface area contributed by atoms with Gasteiger partial charge in [-0.05, 0) is 74.1 Å². The Bertz CT molecular complexity index is 2430. The average molecular weight is 860 g/mol. The number of fused-ring (bicyclic) bond motifs is 6. The SMILES string of the molecule is CC12CCC(C3C(=O)C(=C4CCC5(C)c6cc(S(=O)(=O)O)ccc6N(CC(O)CS(=O)(=O)O)C45)C3=O)C1=[N+](CC(O)CS(=O)(=O)O)c1ccc(SOOO)cc12. The molecule has 5 aliphatic rings. The molecule has 3 fully saturated rings. The number of carbonyl (C=O) groups is 2. The van der Waals surface area contributed by atoms with Crippen molar-refractivity contribution < 1.29 is 77.9 Å². The molecule has 0 bridgehead atoms. The second-order valence-corrected chi connectivity index (χ2v) is 20.6. The number of aliphatic hydroxyl groups is 2. The zero-order valence-electron chi connectivity index (χ0n) is 29.8. The van der Waals surface area contributed by atoms with E-state index in [-0.39, 0.29) is 25.1 Å². The molecule has 0 radical (unpaired) electrons. The lowest BCUT2D eigenvalue weighted by molar-refractivity contribution is -0.451. The van der Waals surface area contributed by atoms with Crippen molar-refractivity contribution in [2.24, 2.45) is 11.8 Å². The first-order valence-corrected chi connectivity index (χ1v) is 22.8. The first kappa shape index (κ1) is 41.0. The Balaban J connectivity index is 1.28. The Labute approximate surface area is 326 Å². The second-order valence-electron chi connectivity index (χ2n) is 15.4. The lowest BCUT2D eigenvalue weighted by atomic mass is 9.65. The predicted molar refractivity (Wildman–Crippen MR) is 196 cm³/mol. The zero-order chi connectivity index (χ0) is 40.9. The number of carbonyl (C=O) groups excluding carboxylic acids is 2. The highest BCUT2D eigenvalue weighted by Gasteiger charge is 2.65. The molecule has 3 saturated carbocycles. The molecule has 3 aliphatic carbocycles. The Hall–Kier alpha value is -3.13. The van der Waals surface area contributed by atoms with Gasteiger partial charge in [-0.1, -0.05) is 12.0 Å². The lowest BCUT2D eigenvalue weighted by Gasteiger charge is -2.37. The summed E-state index contributed by atoms with van der Waals surface area (Å²) in [5.74, 6) is -4.78. The summed E-state index contributed by atoms with van der Waals surface area (Å²) in [4.78, 5) is 30.6. The highest BCUT2D eigenvalue weighted by molar-refractivity contribution is 7.94. The highest BCUT2D eigenvalue weighted by atomic mass is 32.2. The minimum Gasteiger partial charge on any atom is -0.390 e. The van der Waals surface area contributed by atoms with E-state index in [1.807, 2.05) is 6.92 Å². The monoisotopic (exact) mass is 859 g/mol. The van der Waals surface area contributed by atoms with Crippen LogP contribution in [0.5, 0.6) is 0 Å². The van der Waals surface area contributed by atoms with Crippen molar-refractivity contribution in [1.82, 2.24) is 0 Å². The first-order valence-electron chi connectivity index (χ1n) is 17.4. The van der Waals surface area contributed by atoms with Gasteiger partial charge in [-0.2, -0.15) is 29.8 Å². The maximum Gasteiger partial charge on any atom is 0.294 e. The standard InChI is InChI=1S/C34H38N2O16S4/c1-33-9-7-21(31(33)35(13-17(37)15-54(42,43)44)25-5-3-19(11-23(25)33)53-52-51-41)27-29(39)28(30(27)40)22-8-10-34(2)24-12-20(56(48,49)50)4-6-26(24)36(32(22)34)14-18(38)16-55(45,46)47/h3-6,11-12,17-18,21,27,32,37-38H,7-10,13-16H2,1-2H3,(H3-,41,42,43,44,45,46,47,48,49,50)/p+1. The number of aliphatic hydroxyl groups excluding tert-OH is 2. The van der Waals surface area contributed by atoms with Crippen molar-refractivity contribution in [1.29, 1.82) is 0 Å². The summed E-state index contributed by atoms with van der Waals surface area (Å²) in [6, 6.07) is 8.05. The van der Waals surface area contributed by atoms with Gasteiger partial charge in [0.25, 0.3) is 30.4 Å². The molecule has 0 amide bonds. The molecule has 0 spiro atoms. The third kappa shape index (κ3) is 6.96. The molecule has 7 rings (SSSR count). The number of β-amino-alcohol motifs (C(OH)–C–C–N with tert-alkyl or cyclic N) is 2. The fourth-order valence-electron chi connectivity index (χ4n) is 9.88. The average Bonchev–Trinajstić information content (AvgIpc) is 3.73. The van der Waals surface area contributed by atoms with Crippen LogP contribution in [0.2, 0.25) is 0 Å². The molecular formula is C34H39N2O16S4+. The molecule has 18 nitrogen and oxygen atoms in total. The molecule has 2 aliphatic heterocycles. The van der Waals surface area contributed by atoms with E-state index in [1.54, 1.807) is 34.6 Å². The smallest absolute Gasteiger partial charge is 0.294 e. The molecule has 2 heterocycles. The van der Waals surface area contributed by atoms with Crippen molar-refractivity contribution >= 4 is 71.1 Å². The van der Waals surface area contributed by atoms with E-state index in [2.05, 4.69) is 9.37 Å². The Morgan fingerprint density at radius 3 is 2.20 bits per heavy atom. The number of anilines is 1. The van der Waals surface area contributed by atoms with Gasteiger partial charge in [-0.15, -0.1) is 4.33 Å². The van der Waals surface area contributed by atoms with Gasteiger partial charge < -0.3 is 15.1 Å². The maximum absolute atomic E-state index is 14.4. The van der Waals surface area contributed by atoms with Crippen LogP contribution >= 0.6 is 12.0 Å². The van der Waals surface area contributed by atoms with Crippen LogP contribution in [0, 0.1) is 11.8 Å². The highest BCUT2D eigenvalue weighted by Crippen LogP contribution is 2.59. The molecule has 2 aromatic rings. The summed E-state index contributed by atoms with van der Waals surface area (Å²) in [6.45, 7) is 3.00. The molecular weight excluding hydrogens is 821 g/mol. The summed E-state index contributed by atoms with van der Waals surface area (Å²) in [6.07, 6.45) is -1.87. The maximum atomic E-state index is 14.4. The van der Waals surface area contributed by atoms with Gasteiger partial charge in [0, 0.05) is 34.2 Å². The Morgan fingerprint density at radius 1 is 0.911 bits per heavy atom. The molecule has 0 saturated heterocycles. The number of Topliss-reactive ketones (excluding diaryl/α,β-unsaturated/α-hetero) is 2. The lowest BCUT2D eigenvalue weighted by Crippen LogP contribution is -2.52. The van der Waals surface area contributed by atoms with Gasteiger partial charge in [-0.25, -0.2) is 5.26 Å². The van der Waals surface area contributed by atoms with Crippen LogP contribution in [0.1, 0.15) is 50.7 Å². The largest absolute Gasteiger partial charge is 0.390 e. The molecule has 56 heavy (non-hydrogen) atoms. The van der Waals surface area contributed by atoms with E-state index < -0.39 is 99.2 Å². The molecule has 6 atom stereocenters. The molecule has 304 valence electrons. The van der Waals surface area contributed by atoms with Crippen LogP contribution in [0.25, 0.3) is 0 Å². The molecule has 6 unspecified atom stereocenters. The Morgan fingerprint density at radius 2 is 1.57 bits per heavy atom. The number of ketones is 2. The predicted octanol–water partition coefficient (Wildman–Crippen LogP) is 1.63. The fraction of sp³-hybridized carbons (Fsp3) is 0.500. The van der Waals surface area contributed by atoms with Crippen molar-refractivity contribution in [3.63, 3.8) is 0 Å². The van der Waals surface area contributed by atoms with Gasteiger partial charge in [-0.3, -0.25) is 23.2 Å². The number of allylic oxidation sites excluding steroid dienone is 1. The number of hydrogen-bond donors (Lipinski definition) is 6. The third-order valence-corrected chi connectivity index (χ3v) is 15.0. The number of rotatable bonds is 13. The molecule has 22 heteroatoms. The van der Waals surface area contributed by atoms with Crippen molar-refractivity contribution in [2.75, 3.05) is 29.5 Å². The molecule has 0 aromatic heterocycles. The number of benzene rings is 2. The van der Waals surface area contributed by atoms with Gasteiger partial charge in [0.1, 0.15) is 17.6 Å². The molecule has 2 aromatic carbocycles. The summed E-state index contributed by atoms with van der Waals surface area (Å²) in [5.41, 5.74) is 1.27. The second kappa shape index (κ2) is 14.0. The third-order valence-electron chi connectivity index (χ3n) is 11.9. The van der Waals surface area contributed by atoms with Crippen LogP contribution in [0.3, 0.4) is 0 Å².